The van der Waals surface area contributed by atoms with Crippen LogP contribution in [-0.2, 0) is 17.4 Å². The van der Waals surface area contributed by atoms with Gasteiger partial charge in [0.05, 0.1) is 0 Å². The van der Waals surface area contributed by atoms with Crippen LogP contribution >= 0.6 is 0 Å². The maximum Gasteiger partial charge on any atom is 0.437 e. The lowest BCUT2D eigenvalue weighted by Gasteiger charge is -2.29. The molecule has 11 heteroatoms. The maximum absolute atomic E-state index is 13.7. The molecule has 1 unspecified atom stereocenters. The number of alkyl halides is 3. The van der Waals surface area contributed by atoms with E-state index in [9.17, 15) is 22.8 Å². The second-order valence-electron chi connectivity index (χ2n) is 11.1. The van der Waals surface area contributed by atoms with E-state index in [-0.39, 0.29) is 24.3 Å². The smallest absolute Gasteiger partial charge is 0.420 e. The van der Waals surface area contributed by atoms with Crippen LogP contribution < -0.4 is 9.80 Å². The number of oxazole rings is 1. The molecule has 39 heavy (non-hydrogen) atoms. The van der Waals surface area contributed by atoms with Gasteiger partial charge in [-0.05, 0) is 49.7 Å². The number of carbonyl (C=O) groups is 2. The zero-order chi connectivity index (χ0) is 27.6. The number of anilines is 2. The third-order valence-corrected chi connectivity index (χ3v) is 8.07. The second kappa shape index (κ2) is 11.6. The van der Waals surface area contributed by atoms with E-state index in [4.69, 9.17) is 4.42 Å². The van der Waals surface area contributed by atoms with Crippen LogP contribution in [-0.4, -0.2) is 65.8 Å². The Morgan fingerprint density at radius 3 is 2.44 bits per heavy atom. The number of nitrogens with zero attached hydrogens (tertiary/aromatic N) is 5. The Balaban J connectivity index is 1.23. The largest absolute Gasteiger partial charge is 0.437 e. The molecule has 0 bridgehead atoms. The quantitative estimate of drug-likeness (QED) is 0.472. The van der Waals surface area contributed by atoms with Gasteiger partial charge in [-0.1, -0.05) is 25.8 Å². The summed E-state index contributed by atoms with van der Waals surface area (Å²) >= 11 is 0. The monoisotopic (exact) mass is 547 g/mol. The second-order valence-corrected chi connectivity index (χ2v) is 11.1. The van der Waals surface area contributed by atoms with Crippen LogP contribution in [0.5, 0.6) is 0 Å². The molecule has 3 fully saturated rings. The average molecular weight is 548 g/mol. The Labute approximate surface area is 226 Å². The summed E-state index contributed by atoms with van der Waals surface area (Å²) < 4.78 is 46.6. The van der Waals surface area contributed by atoms with Crippen molar-refractivity contribution in [3.05, 3.63) is 35.3 Å². The van der Waals surface area contributed by atoms with E-state index in [0.717, 1.165) is 63.9 Å². The van der Waals surface area contributed by atoms with Crippen LogP contribution in [0, 0.1) is 11.8 Å². The molecule has 1 saturated carbocycles. The van der Waals surface area contributed by atoms with Crippen molar-refractivity contribution in [2.45, 2.75) is 64.5 Å². The minimum absolute atomic E-state index is 0.146. The minimum atomic E-state index is -4.80. The molecule has 0 spiro atoms. The van der Waals surface area contributed by atoms with E-state index in [0.29, 0.717) is 37.7 Å². The average Bonchev–Trinajstić information content (AvgIpc) is 3.55. The fourth-order valence-corrected chi connectivity index (χ4v) is 5.96. The van der Waals surface area contributed by atoms with Gasteiger partial charge in [-0.2, -0.15) is 18.2 Å². The molecule has 1 amide bonds. The standard InChI is InChI=1S/C28H36F3N5O3/c1-19-6-4-11-36(18-19)27-33-25(28(29,30)31)24(39-27)22(37)16-20-9-10-23(32-17-20)34-12-5-13-35(15-14-34)26(38)21-7-2-3-8-21/h9-10,17,19,21H,2-8,11-16,18H2,1H3. The summed E-state index contributed by atoms with van der Waals surface area (Å²) in [6.07, 6.45) is 3.34. The summed E-state index contributed by atoms with van der Waals surface area (Å²) in [4.78, 5) is 39.7. The van der Waals surface area contributed by atoms with Gasteiger partial charge in [0.2, 0.25) is 17.5 Å². The Morgan fingerprint density at radius 1 is 0.974 bits per heavy atom. The van der Waals surface area contributed by atoms with Gasteiger partial charge in [0.25, 0.3) is 6.01 Å². The number of hydrogen-bond donors (Lipinski definition) is 0. The Morgan fingerprint density at radius 2 is 1.74 bits per heavy atom. The molecule has 2 aromatic rings. The first kappa shape index (κ1) is 27.5. The van der Waals surface area contributed by atoms with E-state index in [1.165, 1.54) is 6.20 Å². The minimum Gasteiger partial charge on any atom is -0.420 e. The van der Waals surface area contributed by atoms with Gasteiger partial charge in [-0.3, -0.25) is 9.59 Å². The fourth-order valence-electron chi connectivity index (χ4n) is 5.96. The van der Waals surface area contributed by atoms with E-state index in [2.05, 4.69) is 14.9 Å². The molecule has 0 N–H and O–H groups in total. The van der Waals surface area contributed by atoms with E-state index < -0.39 is 23.4 Å². The number of amides is 1. The Bertz CT molecular complexity index is 1160. The van der Waals surface area contributed by atoms with Gasteiger partial charge in [0, 0.05) is 57.8 Å². The van der Waals surface area contributed by atoms with E-state index in [1.807, 2.05) is 11.8 Å². The van der Waals surface area contributed by atoms with Crippen LogP contribution in [0.2, 0.25) is 0 Å². The van der Waals surface area contributed by atoms with Crippen LogP contribution in [0.4, 0.5) is 25.0 Å². The molecule has 1 atom stereocenters. The molecule has 5 rings (SSSR count). The summed E-state index contributed by atoms with van der Waals surface area (Å²) in [5, 5.41) is 0. The van der Waals surface area contributed by atoms with Crippen molar-refractivity contribution in [2.75, 3.05) is 49.1 Å². The van der Waals surface area contributed by atoms with Crippen LogP contribution in [0.15, 0.2) is 22.7 Å². The highest BCUT2D eigenvalue weighted by molar-refractivity contribution is 5.96. The van der Waals surface area contributed by atoms with Crippen LogP contribution in [0.3, 0.4) is 0 Å². The zero-order valence-corrected chi connectivity index (χ0v) is 22.4. The Kier molecular flexibility index (Phi) is 8.13. The normalized spacial score (nSPS) is 21.3. The molecule has 2 saturated heterocycles. The number of Topliss-reactive ketones (excluding diaryl/α,β-unsaturated/α-hetero) is 1. The molecule has 2 aromatic heterocycles. The van der Waals surface area contributed by atoms with Crippen molar-refractivity contribution >= 4 is 23.5 Å². The molecule has 3 aliphatic rings. The third kappa shape index (κ3) is 6.38. The number of carbonyl (C=O) groups excluding carboxylic acids is 2. The van der Waals surface area contributed by atoms with Crippen LogP contribution in [0.25, 0.3) is 0 Å². The highest BCUT2D eigenvalue weighted by atomic mass is 19.4. The van der Waals surface area contributed by atoms with E-state index in [1.54, 1.807) is 17.0 Å². The predicted octanol–water partition coefficient (Wildman–Crippen LogP) is 4.98. The first-order chi connectivity index (χ1) is 18.7. The number of aromatic nitrogens is 2. The zero-order valence-electron chi connectivity index (χ0n) is 22.4. The lowest BCUT2D eigenvalue weighted by Crippen LogP contribution is -2.38. The summed E-state index contributed by atoms with van der Waals surface area (Å²) in [6, 6.07) is 3.35. The summed E-state index contributed by atoms with van der Waals surface area (Å²) in [5.41, 5.74) is -0.777. The number of halogens is 3. The predicted molar refractivity (Wildman–Crippen MR) is 140 cm³/mol. The number of pyridine rings is 1. The van der Waals surface area contributed by atoms with Crippen LogP contribution in [0.1, 0.15) is 73.7 Å². The van der Waals surface area contributed by atoms with Crippen molar-refractivity contribution in [1.82, 2.24) is 14.9 Å². The topological polar surface area (TPSA) is 82.8 Å². The molecular weight excluding hydrogens is 511 g/mol. The molecular formula is C28H36F3N5O3. The van der Waals surface area contributed by atoms with Crippen molar-refractivity contribution in [3.63, 3.8) is 0 Å². The summed E-state index contributed by atoms with van der Waals surface area (Å²) in [5.74, 6) is -0.0776. The van der Waals surface area contributed by atoms with Crippen molar-refractivity contribution in [2.24, 2.45) is 11.8 Å². The van der Waals surface area contributed by atoms with Gasteiger partial charge in [-0.15, -0.1) is 0 Å². The molecule has 0 radical (unpaired) electrons. The van der Waals surface area contributed by atoms with E-state index >= 15 is 0 Å². The van der Waals surface area contributed by atoms with Crippen molar-refractivity contribution < 1.29 is 27.2 Å². The van der Waals surface area contributed by atoms with Crippen molar-refractivity contribution in [1.29, 1.82) is 0 Å². The van der Waals surface area contributed by atoms with Gasteiger partial charge in [0.1, 0.15) is 5.82 Å². The summed E-state index contributed by atoms with van der Waals surface area (Å²) in [6.45, 7) is 5.90. The number of ketones is 1. The third-order valence-electron chi connectivity index (χ3n) is 8.07. The Hall–Kier alpha value is -3.11. The number of piperidine rings is 1. The number of hydrogen-bond acceptors (Lipinski definition) is 7. The molecule has 2 aliphatic heterocycles. The van der Waals surface area contributed by atoms with Gasteiger partial charge in [0.15, 0.2) is 5.69 Å². The van der Waals surface area contributed by atoms with Gasteiger partial charge < -0.3 is 19.1 Å². The first-order valence-corrected chi connectivity index (χ1v) is 14.0. The highest BCUT2D eigenvalue weighted by Crippen LogP contribution is 2.35. The lowest BCUT2D eigenvalue weighted by atomic mass is 10.0. The number of rotatable bonds is 6. The first-order valence-electron chi connectivity index (χ1n) is 14.0. The van der Waals surface area contributed by atoms with Gasteiger partial charge in [-0.25, -0.2) is 4.98 Å². The molecule has 8 nitrogen and oxygen atoms in total. The maximum atomic E-state index is 13.7. The summed E-state index contributed by atoms with van der Waals surface area (Å²) in [7, 11) is 0. The molecule has 1 aliphatic carbocycles. The molecule has 4 heterocycles. The molecule has 0 aromatic carbocycles. The fraction of sp³-hybridized carbons (Fsp3) is 0.643. The molecule has 212 valence electrons. The van der Waals surface area contributed by atoms with Crippen molar-refractivity contribution in [3.8, 4) is 0 Å². The van der Waals surface area contributed by atoms with Gasteiger partial charge >= 0.3 is 6.18 Å². The SMILES string of the molecule is CC1CCCN(c2nc(C(F)(F)F)c(C(=O)Cc3ccc(N4CCCN(C(=O)C5CCCC5)CC4)nc3)o2)C1. The lowest BCUT2D eigenvalue weighted by molar-refractivity contribution is -0.141. The highest BCUT2D eigenvalue weighted by Gasteiger charge is 2.42.